The molecule has 0 atom stereocenters. The molecule has 0 aliphatic heterocycles. The van der Waals surface area contributed by atoms with E-state index in [0.717, 1.165) is 27.6 Å². The zero-order valence-corrected chi connectivity index (χ0v) is 15.2. The second kappa shape index (κ2) is 5.67. The predicted octanol–water partition coefficient (Wildman–Crippen LogP) is 4.74. The van der Waals surface area contributed by atoms with Crippen LogP contribution in [-0.4, -0.2) is 8.42 Å². The van der Waals surface area contributed by atoms with Crippen molar-refractivity contribution in [3.05, 3.63) is 58.1 Å². The van der Waals surface area contributed by atoms with Gasteiger partial charge in [0.2, 0.25) is 0 Å². The Kier molecular flexibility index (Phi) is 3.92. The lowest BCUT2D eigenvalue weighted by molar-refractivity contribution is 0.424. The van der Waals surface area contributed by atoms with Crippen LogP contribution in [-0.2, 0) is 10.1 Å². The fourth-order valence-electron chi connectivity index (χ4n) is 3.01. The van der Waals surface area contributed by atoms with Gasteiger partial charge in [-0.05, 0) is 69.0 Å². The summed E-state index contributed by atoms with van der Waals surface area (Å²) < 4.78 is 36.3. The van der Waals surface area contributed by atoms with Crippen LogP contribution in [0.15, 0.2) is 39.8 Å². The molecular formula is C19H20O4S. The van der Waals surface area contributed by atoms with Gasteiger partial charge >= 0.3 is 10.1 Å². The van der Waals surface area contributed by atoms with Crippen molar-refractivity contribution in [2.45, 2.75) is 39.7 Å². The highest BCUT2D eigenvalue weighted by Gasteiger charge is 2.28. The van der Waals surface area contributed by atoms with Crippen LogP contribution in [0.5, 0.6) is 5.75 Å². The Morgan fingerprint density at radius 3 is 2.00 bits per heavy atom. The minimum absolute atomic E-state index is 0.127. The zero-order chi connectivity index (χ0) is 17.6. The molecular weight excluding hydrogens is 324 g/mol. The van der Waals surface area contributed by atoms with Crippen LogP contribution in [0, 0.1) is 34.6 Å². The van der Waals surface area contributed by atoms with Gasteiger partial charge in [0.1, 0.15) is 11.3 Å². The van der Waals surface area contributed by atoms with Gasteiger partial charge in [-0.25, -0.2) is 0 Å². The Balaban J connectivity index is 2.22. The largest absolute Gasteiger partial charge is 0.441 e. The molecule has 3 aromatic rings. The maximum Gasteiger partial charge on any atom is 0.373 e. The van der Waals surface area contributed by atoms with Gasteiger partial charge in [-0.1, -0.05) is 18.2 Å². The average molecular weight is 344 g/mol. The first kappa shape index (κ1) is 16.6. The molecule has 126 valence electrons. The van der Waals surface area contributed by atoms with E-state index >= 15 is 0 Å². The van der Waals surface area contributed by atoms with Crippen LogP contribution in [0.4, 0.5) is 0 Å². The average Bonchev–Trinajstić information content (AvgIpc) is 2.90. The fraction of sp³-hybridized carbons (Fsp3) is 0.263. The number of aryl methyl sites for hydroxylation is 3. The highest BCUT2D eigenvalue weighted by molar-refractivity contribution is 7.87. The van der Waals surface area contributed by atoms with Gasteiger partial charge < -0.3 is 8.60 Å². The Morgan fingerprint density at radius 2 is 1.38 bits per heavy atom. The number of furan rings is 1. The van der Waals surface area contributed by atoms with E-state index in [0.29, 0.717) is 11.1 Å². The topological polar surface area (TPSA) is 56.5 Å². The van der Waals surface area contributed by atoms with Crippen LogP contribution in [0.1, 0.15) is 27.8 Å². The molecule has 0 N–H and O–H groups in total. The van der Waals surface area contributed by atoms with Crippen molar-refractivity contribution in [1.82, 2.24) is 0 Å². The monoisotopic (exact) mass is 344 g/mol. The summed E-state index contributed by atoms with van der Waals surface area (Å²) in [5.74, 6) is 0.262. The van der Waals surface area contributed by atoms with Crippen molar-refractivity contribution in [3.63, 3.8) is 0 Å². The second-order valence-electron chi connectivity index (χ2n) is 6.07. The number of benzene rings is 2. The van der Waals surface area contributed by atoms with E-state index < -0.39 is 10.1 Å². The molecule has 0 aliphatic carbocycles. The van der Waals surface area contributed by atoms with Crippen molar-refractivity contribution < 1.29 is 17.0 Å². The van der Waals surface area contributed by atoms with E-state index in [9.17, 15) is 8.42 Å². The number of fused-ring (bicyclic) bond motifs is 1. The quantitative estimate of drug-likeness (QED) is 0.644. The summed E-state index contributed by atoms with van der Waals surface area (Å²) in [5.41, 5.74) is 5.46. The molecule has 0 aliphatic rings. The predicted molar refractivity (Wildman–Crippen MR) is 94.2 cm³/mol. The number of para-hydroxylation sites is 1. The molecule has 5 heteroatoms. The molecule has 0 saturated heterocycles. The Labute approximate surface area is 142 Å². The third kappa shape index (κ3) is 2.49. The molecule has 4 nitrogen and oxygen atoms in total. The van der Waals surface area contributed by atoms with Crippen LogP contribution in [0.25, 0.3) is 11.0 Å². The van der Waals surface area contributed by atoms with Gasteiger partial charge in [-0.3, -0.25) is 0 Å². The molecule has 0 amide bonds. The summed E-state index contributed by atoms with van der Waals surface area (Å²) in [6.45, 7) is 9.75. The first-order valence-corrected chi connectivity index (χ1v) is 9.14. The standard InChI is InChI=1S/C19H20O4S/c1-11-12(2)14(4)18-17(13(11)3)15(5)19(22-18)24(20,21)23-16-9-7-6-8-10-16/h6-10H,1-5H3. The van der Waals surface area contributed by atoms with Gasteiger partial charge in [-0.2, -0.15) is 8.42 Å². The molecule has 2 aromatic carbocycles. The maximum atomic E-state index is 12.7. The number of hydrogen-bond donors (Lipinski definition) is 0. The van der Waals surface area contributed by atoms with Gasteiger partial charge in [0.05, 0.1) is 0 Å². The van der Waals surface area contributed by atoms with E-state index in [1.807, 2.05) is 27.7 Å². The fourth-order valence-corrected chi connectivity index (χ4v) is 4.11. The van der Waals surface area contributed by atoms with Crippen LogP contribution >= 0.6 is 0 Å². The van der Waals surface area contributed by atoms with Crippen LogP contribution in [0.2, 0.25) is 0 Å². The zero-order valence-electron chi connectivity index (χ0n) is 14.4. The summed E-state index contributed by atoms with van der Waals surface area (Å²) in [5, 5.41) is 0.725. The number of rotatable bonds is 3. The minimum atomic E-state index is -4.03. The van der Waals surface area contributed by atoms with E-state index in [-0.39, 0.29) is 10.8 Å². The van der Waals surface area contributed by atoms with Gasteiger partial charge in [0.25, 0.3) is 5.09 Å². The van der Waals surface area contributed by atoms with E-state index in [2.05, 4.69) is 0 Å². The lowest BCUT2D eigenvalue weighted by Gasteiger charge is -2.09. The van der Waals surface area contributed by atoms with Crippen molar-refractivity contribution in [2.24, 2.45) is 0 Å². The number of hydrogen-bond acceptors (Lipinski definition) is 4. The third-order valence-corrected chi connectivity index (χ3v) is 5.94. The van der Waals surface area contributed by atoms with Crippen molar-refractivity contribution in [2.75, 3.05) is 0 Å². The maximum absolute atomic E-state index is 12.7. The minimum Gasteiger partial charge on any atom is -0.441 e. The van der Waals surface area contributed by atoms with Gasteiger partial charge in [-0.15, -0.1) is 0 Å². The molecule has 1 aromatic heterocycles. The summed E-state index contributed by atoms with van der Waals surface area (Å²) in [7, 11) is -4.03. The first-order valence-electron chi connectivity index (χ1n) is 7.73. The summed E-state index contributed by atoms with van der Waals surface area (Å²) in [4.78, 5) is 0. The van der Waals surface area contributed by atoms with E-state index in [4.69, 9.17) is 8.60 Å². The molecule has 0 unspecified atom stereocenters. The molecule has 0 saturated carbocycles. The van der Waals surface area contributed by atoms with Crippen LogP contribution < -0.4 is 4.18 Å². The first-order chi connectivity index (χ1) is 11.2. The van der Waals surface area contributed by atoms with Crippen molar-refractivity contribution in [1.29, 1.82) is 0 Å². The lowest BCUT2D eigenvalue weighted by Crippen LogP contribution is -2.09. The van der Waals surface area contributed by atoms with E-state index in [1.54, 1.807) is 37.3 Å². The van der Waals surface area contributed by atoms with E-state index in [1.165, 1.54) is 0 Å². The van der Waals surface area contributed by atoms with Gasteiger partial charge in [0, 0.05) is 10.9 Å². The molecule has 0 fully saturated rings. The molecule has 24 heavy (non-hydrogen) atoms. The Bertz CT molecular complexity index is 1030. The smallest absolute Gasteiger partial charge is 0.373 e. The summed E-state index contributed by atoms with van der Waals surface area (Å²) in [6.07, 6.45) is 0. The SMILES string of the molecule is Cc1c(C)c(C)c2c(C)c(S(=O)(=O)Oc3ccccc3)oc2c1C. The normalized spacial score (nSPS) is 11.9. The third-order valence-electron chi connectivity index (χ3n) is 4.68. The second-order valence-corrected chi connectivity index (χ2v) is 7.51. The summed E-state index contributed by atoms with van der Waals surface area (Å²) in [6, 6.07) is 8.43. The highest BCUT2D eigenvalue weighted by Crippen LogP contribution is 2.37. The van der Waals surface area contributed by atoms with Crippen molar-refractivity contribution in [3.8, 4) is 5.75 Å². The van der Waals surface area contributed by atoms with Gasteiger partial charge in [0.15, 0.2) is 0 Å². The molecule has 0 radical (unpaired) electrons. The highest BCUT2D eigenvalue weighted by atomic mass is 32.2. The Morgan fingerprint density at radius 1 is 0.792 bits per heavy atom. The molecule has 3 rings (SSSR count). The lowest BCUT2D eigenvalue weighted by atomic mass is 9.94. The summed E-state index contributed by atoms with van der Waals surface area (Å²) >= 11 is 0. The molecule has 0 spiro atoms. The molecule has 1 heterocycles. The Hall–Kier alpha value is -2.27. The van der Waals surface area contributed by atoms with Crippen LogP contribution in [0.3, 0.4) is 0 Å². The van der Waals surface area contributed by atoms with Crippen molar-refractivity contribution >= 4 is 21.1 Å². The molecule has 0 bridgehead atoms.